The lowest BCUT2D eigenvalue weighted by molar-refractivity contribution is 0.0396. The van der Waals surface area contributed by atoms with Gasteiger partial charge in [-0.2, -0.15) is 5.10 Å². The van der Waals surface area contributed by atoms with Gasteiger partial charge in [0.25, 0.3) is 5.91 Å². The number of aryl methyl sites for hydroxylation is 1. The van der Waals surface area contributed by atoms with Crippen molar-refractivity contribution in [2.24, 2.45) is 0 Å². The number of aromatic amines is 1. The van der Waals surface area contributed by atoms with Crippen LogP contribution in [0.1, 0.15) is 35.8 Å². The molecule has 6 nitrogen and oxygen atoms in total. The van der Waals surface area contributed by atoms with Gasteiger partial charge >= 0.3 is 0 Å². The fourth-order valence-electron chi connectivity index (χ4n) is 3.33. The first-order valence-corrected chi connectivity index (χ1v) is 6.93. The highest BCUT2D eigenvalue weighted by atomic mass is 16.2. The molecule has 2 aliphatic rings. The number of nitrogen functional groups attached to an aromatic ring is 1. The maximum atomic E-state index is 12.7. The Morgan fingerprint density at radius 1 is 1.47 bits per heavy atom. The summed E-state index contributed by atoms with van der Waals surface area (Å²) in [6.45, 7) is 6.90. The summed E-state index contributed by atoms with van der Waals surface area (Å²) in [7, 11) is 0. The molecule has 3 N–H and O–H groups in total. The number of carbonyl (C=O) groups is 1. The number of fused-ring (bicyclic) bond motifs is 1. The zero-order chi connectivity index (χ0) is 13.6. The number of hydrogen-bond donors (Lipinski definition) is 2. The van der Waals surface area contributed by atoms with Gasteiger partial charge in [0, 0.05) is 30.9 Å². The zero-order valence-corrected chi connectivity index (χ0v) is 11.5. The molecule has 1 aromatic heterocycles. The summed E-state index contributed by atoms with van der Waals surface area (Å²) >= 11 is 0. The van der Waals surface area contributed by atoms with Crippen molar-refractivity contribution in [2.45, 2.75) is 38.8 Å². The van der Waals surface area contributed by atoms with E-state index in [1.165, 1.54) is 19.4 Å². The van der Waals surface area contributed by atoms with Gasteiger partial charge in [0.05, 0.1) is 0 Å². The number of nitrogens with one attached hydrogen (secondary N) is 1. The molecule has 3 rings (SSSR count). The van der Waals surface area contributed by atoms with E-state index in [1.807, 2.05) is 11.8 Å². The molecular formula is C13H21N5O. The highest BCUT2D eigenvalue weighted by molar-refractivity contribution is 5.99. The average Bonchev–Trinajstić information content (AvgIpc) is 2.94. The molecule has 3 heterocycles. The third kappa shape index (κ3) is 2.00. The molecule has 0 aromatic carbocycles. The number of nitrogens with two attached hydrogens (primary N) is 1. The molecule has 19 heavy (non-hydrogen) atoms. The Morgan fingerprint density at radius 3 is 2.95 bits per heavy atom. The topological polar surface area (TPSA) is 78.2 Å². The summed E-state index contributed by atoms with van der Waals surface area (Å²) in [5, 5.41) is 6.70. The first-order chi connectivity index (χ1) is 9.08. The van der Waals surface area contributed by atoms with Crippen LogP contribution in [0.3, 0.4) is 0 Å². The van der Waals surface area contributed by atoms with Crippen molar-refractivity contribution in [1.29, 1.82) is 0 Å². The Balaban J connectivity index is 1.83. The summed E-state index contributed by atoms with van der Waals surface area (Å²) in [6.07, 6.45) is 2.43. The smallest absolute Gasteiger partial charge is 0.259 e. The van der Waals surface area contributed by atoms with E-state index in [-0.39, 0.29) is 11.9 Å². The van der Waals surface area contributed by atoms with Gasteiger partial charge in [-0.3, -0.25) is 14.8 Å². The number of amides is 1. The lowest BCUT2D eigenvalue weighted by Crippen LogP contribution is -2.56. The average molecular weight is 263 g/mol. The minimum absolute atomic E-state index is 0.0165. The molecule has 0 radical (unpaired) electrons. The Hall–Kier alpha value is -1.56. The van der Waals surface area contributed by atoms with Crippen LogP contribution < -0.4 is 5.73 Å². The highest BCUT2D eigenvalue weighted by Gasteiger charge is 2.37. The van der Waals surface area contributed by atoms with Gasteiger partial charge in [0.2, 0.25) is 0 Å². The normalized spacial score (nSPS) is 27.6. The second-order valence-electron chi connectivity index (χ2n) is 5.71. The fraction of sp³-hybridized carbons (Fsp3) is 0.692. The van der Waals surface area contributed by atoms with Crippen LogP contribution >= 0.6 is 0 Å². The SMILES string of the molecule is Cc1[nH]nc(N)c1C(=O)N1CC2CCCN2CC1C. The van der Waals surface area contributed by atoms with Crippen molar-refractivity contribution in [3.05, 3.63) is 11.3 Å². The second-order valence-corrected chi connectivity index (χ2v) is 5.71. The van der Waals surface area contributed by atoms with Crippen LogP contribution in [-0.4, -0.2) is 57.6 Å². The van der Waals surface area contributed by atoms with Crippen LogP contribution in [0.25, 0.3) is 0 Å². The molecule has 0 bridgehead atoms. The van der Waals surface area contributed by atoms with Crippen molar-refractivity contribution < 1.29 is 4.79 Å². The van der Waals surface area contributed by atoms with E-state index in [1.54, 1.807) is 0 Å². The maximum Gasteiger partial charge on any atom is 0.259 e. The van der Waals surface area contributed by atoms with E-state index < -0.39 is 0 Å². The number of H-pyrrole nitrogens is 1. The number of aromatic nitrogens is 2. The molecule has 1 amide bonds. The van der Waals surface area contributed by atoms with Gasteiger partial charge in [-0.05, 0) is 33.2 Å². The highest BCUT2D eigenvalue weighted by Crippen LogP contribution is 2.27. The lowest BCUT2D eigenvalue weighted by Gasteiger charge is -2.42. The Labute approximate surface area is 112 Å². The summed E-state index contributed by atoms with van der Waals surface area (Å²) in [4.78, 5) is 17.1. The van der Waals surface area contributed by atoms with E-state index in [0.29, 0.717) is 17.4 Å². The summed E-state index contributed by atoms with van der Waals surface area (Å²) < 4.78 is 0. The molecule has 2 atom stereocenters. The van der Waals surface area contributed by atoms with Crippen LogP contribution in [0, 0.1) is 6.92 Å². The standard InChI is InChI=1S/C13H21N5O/c1-8-6-17-5-3-4-10(17)7-18(8)13(19)11-9(2)15-16-12(11)14/h8,10H,3-7H2,1-2H3,(H3,14,15,16). The predicted molar refractivity (Wildman–Crippen MR) is 72.8 cm³/mol. The molecule has 0 saturated carbocycles. The third-order valence-corrected chi connectivity index (χ3v) is 4.39. The van der Waals surface area contributed by atoms with Gasteiger partial charge in [0.15, 0.2) is 5.82 Å². The van der Waals surface area contributed by atoms with Gasteiger partial charge in [0.1, 0.15) is 5.56 Å². The van der Waals surface area contributed by atoms with Crippen LogP contribution in [0.15, 0.2) is 0 Å². The summed E-state index contributed by atoms with van der Waals surface area (Å²) in [5.41, 5.74) is 7.09. The molecule has 2 fully saturated rings. The lowest BCUT2D eigenvalue weighted by atomic mass is 10.1. The number of nitrogens with zero attached hydrogens (tertiary/aromatic N) is 3. The first kappa shape index (κ1) is 12.5. The van der Waals surface area contributed by atoms with Gasteiger partial charge in [-0.15, -0.1) is 0 Å². The number of carbonyl (C=O) groups excluding carboxylic acids is 1. The second kappa shape index (κ2) is 4.52. The first-order valence-electron chi connectivity index (χ1n) is 6.93. The summed E-state index contributed by atoms with van der Waals surface area (Å²) in [6, 6.07) is 0.754. The van der Waals surface area contributed by atoms with Crippen molar-refractivity contribution in [2.75, 3.05) is 25.4 Å². The largest absolute Gasteiger partial charge is 0.382 e. The molecule has 0 spiro atoms. The molecule has 1 aromatic rings. The number of piperazine rings is 1. The van der Waals surface area contributed by atoms with Crippen molar-refractivity contribution in [3.63, 3.8) is 0 Å². The number of hydrogen-bond acceptors (Lipinski definition) is 4. The Kier molecular flexibility index (Phi) is 2.97. The predicted octanol–water partition coefficient (Wildman–Crippen LogP) is 0.609. The van der Waals surface area contributed by atoms with E-state index in [2.05, 4.69) is 22.0 Å². The number of rotatable bonds is 1. The molecule has 2 aliphatic heterocycles. The maximum absolute atomic E-state index is 12.7. The zero-order valence-electron chi connectivity index (χ0n) is 11.5. The van der Waals surface area contributed by atoms with Crippen LogP contribution in [0.5, 0.6) is 0 Å². The number of anilines is 1. The monoisotopic (exact) mass is 263 g/mol. The van der Waals surface area contributed by atoms with Crippen LogP contribution in [0.2, 0.25) is 0 Å². The molecule has 2 unspecified atom stereocenters. The minimum Gasteiger partial charge on any atom is -0.382 e. The Morgan fingerprint density at radius 2 is 2.26 bits per heavy atom. The quantitative estimate of drug-likeness (QED) is 0.778. The van der Waals surface area contributed by atoms with Gasteiger partial charge < -0.3 is 10.6 Å². The van der Waals surface area contributed by atoms with Crippen LogP contribution in [-0.2, 0) is 0 Å². The third-order valence-electron chi connectivity index (χ3n) is 4.39. The molecule has 0 aliphatic carbocycles. The minimum atomic E-state index is 0.0165. The van der Waals surface area contributed by atoms with Crippen molar-refractivity contribution in [3.8, 4) is 0 Å². The van der Waals surface area contributed by atoms with Gasteiger partial charge in [-0.1, -0.05) is 0 Å². The van der Waals surface area contributed by atoms with Crippen LogP contribution in [0.4, 0.5) is 5.82 Å². The Bertz CT molecular complexity index is 478. The summed E-state index contributed by atoms with van der Waals surface area (Å²) in [5.74, 6) is 0.325. The fourth-order valence-corrected chi connectivity index (χ4v) is 3.33. The molecule has 104 valence electrons. The molecular weight excluding hydrogens is 242 g/mol. The van der Waals surface area contributed by atoms with E-state index in [9.17, 15) is 4.79 Å². The van der Waals surface area contributed by atoms with E-state index in [0.717, 1.165) is 18.8 Å². The van der Waals surface area contributed by atoms with E-state index >= 15 is 0 Å². The molecule has 6 heteroatoms. The van der Waals surface area contributed by atoms with Crippen molar-refractivity contribution >= 4 is 11.7 Å². The van der Waals surface area contributed by atoms with Crippen molar-refractivity contribution in [1.82, 2.24) is 20.0 Å². The van der Waals surface area contributed by atoms with Gasteiger partial charge in [-0.25, -0.2) is 0 Å². The molecule has 2 saturated heterocycles. The van der Waals surface area contributed by atoms with E-state index in [4.69, 9.17) is 5.73 Å².